The summed E-state index contributed by atoms with van der Waals surface area (Å²) in [4.78, 5) is 7.15. The van der Waals surface area contributed by atoms with Gasteiger partial charge in [0, 0.05) is 20.8 Å². The Morgan fingerprint density at radius 2 is 2.26 bits per heavy atom. The van der Waals surface area contributed by atoms with E-state index in [0.29, 0.717) is 6.04 Å². The summed E-state index contributed by atoms with van der Waals surface area (Å²) in [5.74, 6) is 0.891. The van der Waals surface area contributed by atoms with Gasteiger partial charge in [-0.1, -0.05) is 17.7 Å². The number of hydrogen-bond acceptors (Lipinski definition) is 4. The fraction of sp³-hybridized carbons (Fsp3) is 0.357. The normalized spacial score (nSPS) is 12.6. The Hall–Kier alpha value is -0.550. The number of thioether (sulfide) groups is 1. The van der Waals surface area contributed by atoms with Crippen molar-refractivity contribution < 1.29 is 0 Å². The number of nitrogens with one attached hydrogen (secondary N) is 1. The van der Waals surface area contributed by atoms with Crippen LogP contribution in [0.5, 0.6) is 0 Å². The molecular weight excluding hydrogens is 296 g/mol. The maximum absolute atomic E-state index is 5.98. The maximum atomic E-state index is 5.98. The molecule has 0 saturated carbocycles. The highest BCUT2D eigenvalue weighted by molar-refractivity contribution is 7.98. The molecular formula is C14H17ClN2S2. The molecule has 0 aliphatic rings. The van der Waals surface area contributed by atoms with Crippen molar-refractivity contribution in [2.45, 2.75) is 30.5 Å². The van der Waals surface area contributed by atoms with Crippen LogP contribution >= 0.6 is 34.7 Å². The van der Waals surface area contributed by atoms with E-state index >= 15 is 0 Å². The number of aryl methyl sites for hydroxylation is 1. The Morgan fingerprint density at radius 1 is 1.47 bits per heavy atom. The van der Waals surface area contributed by atoms with E-state index in [1.807, 2.05) is 25.2 Å². The predicted molar refractivity (Wildman–Crippen MR) is 85.3 cm³/mol. The number of hydrogen-bond donors (Lipinski definition) is 1. The zero-order valence-corrected chi connectivity index (χ0v) is 13.6. The van der Waals surface area contributed by atoms with E-state index in [1.165, 1.54) is 14.8 Å². The van der Waals surface area contributed by atoms with Crippen molar-refractivity contribution in [3.05, 3.63) is 44.9 Å². The Kier molecular flexibility index (Phi) is 5.28. The van der Waals surface area contributed by atoms with Crippen LogP contribution in [0.3, 0.4) is 0 Å². The Morgan fingerprint density at radius 3 is 2.95 bits per heavy atom. The zero-order chi connectivity index (χ0) is 13.8. The summed E-state index contributed by atoms with van der Waals surface area (Å²) >= 11 is 9.54. The van der Waals surface area contributed by atoms with Crippen LogP contribution in [0.4, 0.5) is 0 Å². The van der Waals surface area contributed by atoms with E-state index in [2.05, 4.69) is 30.2 Å². The van der Waals surface area contributed by atoms with Gasteiger partial charge >= 0.3 is 0 Å². The Bertz CT molecular complexity index is 554. The summed E-state index contributed by atoms with van der Waals surface area (Å²) in [5.41, 5.74) is 1.13. The molecule has 1 aromatic heterocycles. The van der Waals surface area contributed by atoms with Crippen molar-refractivity contribution in [2.75, 3.05) is 7.05 Å². The van der Waals surface area contributed by atoms with Crippen molar-refractivity contribution in [2.24, 2.45) is 0 Å². The minimum absolute atomic E-state index is 0.363. The summed E-state index contributed by atoms with van der Waals surface area (Å²) in [6, 6.07) is 8.30. The molecule has 1 N–H and O–H groups in total. The topological polar surface area (TPSA) is 24.9 Å². The van der Waals surface area contributed by atoms with Crippen LogP contribution in [0.15, 0.2) is 29.2 Å². The van der Waals surface area contributed by atoms with E-state index < -0.39 is 0 Å². The molecule has 19 heavy (non-hydrogen) atoms. The van der Waals surface area contributed by atoms with Gasteiger partial charge in [0.1, 0.15) is 5.01 Å². The fourth-order valence-corrected chi connectivity index (χ4v) is 4.09. The average molecular weight is 313 g/mol. The van der Waals surface area contributed by atoms with Gasteiger partial charge in [0.15, 0.2) is 0 Å². The number of aromatic nitrogens is 1. The lowest BCUT2D eigenvalue weighted by molar-refractivity contribution is 0.658. The van der Waals surface area contributed by atoms with Gasteiger partial charge in [-0.2, -0.15) is 0 Å². The number of nitrogens with zero attached hydrogens (tertiary/aromatic N) is 1. The number of rotatable bonds is 5. The predicted octanol–water partition coefficient (Wildman–Crippen LogP) is 4.68. The monoisotopic (exact) mass is 312 g/mol. The van der Waals surface area contributed by atoms with Gasteiger partial charge in [-0.05, 0) is 39.1 Å². The van der Waals surface area contributed by atoms with E-state index in [0.717, 1.165) is 16.5 Å². The first-order valence-corrected chi connectivity index (χ1v) is 8.30. The molecule has 0 amide bonds. The van der Waals surface area contributed by atoms with Crippen LogP contribution in [0.2, 0.25) is 5.02 Å². The molecule has 1 atom stereocenters. The van der Waals surface area contributed by atoms with Gasteiger partial charge in [-0.15, -0.1) is 23.1 Å². The van der Waals surface area contributed by atoms with Crippen molar-refractivity contribution in [3.63, 3.8) is 0 Å². The molecule has 1 aromatic carbocycles. The highest BCUT2D eigenvalue weighted by Gasteiger charge is 2.12. The van der Waals surface area contributed by atoms with Crippen LogP contribution in [-0.2, 0) is 5.75 Å². The van der Waals surface area contributed by atoms with E-state index in [4.69, 9.17) is 11.6 Å². The van der Waals surface area contributed by atoms with Crippen LogP contribution in [0.1, 0.15) is 28.5 Å². The third-order valence-electron chi connectivity index (χ3n) is 2.86. The lowest BCUT2D eigenvalue weighted by Gasteiger charge is -2.06. The van der Waals surface area contributed by atoms with E-state index in [9.17, 15) is 0 Å². The zero-order valence-electron chi connectivity index (χ0n) is 11.2. The highest BCUT2D eigenvalue weighted by atomic mass is 35.5. The molecule has 1 heterocycles. The number of halogens is 1. The Balaban J connectivity index is 2.04. The minimum atomic E-state index is 0.363. The summed E-state index contributed by atoms with van der Waals surface area (Å²) < 4.78 is 0. The molecule has 0 saturated heterocycles. The second-order valence-corrected chi connectivity index (χ2v) is 6.91. The largest absolute Gasteiger partial charge is 0.312 e. The Labute approximate surface area is 127 Å². The summed E-state index contributed by atoms with van der Waals surface area (Å²) in [6.07, 6.45) is 0. The standard InChI is InChI=1S/C14H17ClN2S2/c1-9(16-3)14-10(2)17-13(19-14)8-18-12-6-4-5-11(15)7-12/h4-7,9,16H,8H2,1-3H3. The lowest BCUT2D eigenvalue weighted by atomic mass is 10.2. The van der Waals surface area contributed by atoms with E-state index in [-0.39, 0.29) is 0 Å². The van der Waals surface area contributed by atoms with Gasteiger partial charge < -0.3 is 5.32 Å². The van der Waals surface area contributed by atoms with Gasteiger partial charge in [0.05, 0.1) is 11.4 Å². The van der Waals surface area contributed by atoms with Crippen molar-refractivity contribution in [1.82, 2.24) is 10.3 Å². The van der Waals surface area contributed by atoms with Crippen LogP contribution in [-0.4, -0.2) is 12.0 Å². The summed E-state index contributed by atoms with van der Waals surface area (Å²) in [5, 5.41) is 5.21. The molecule has 2 rings (SSSR count). The molecule has 0 aliphatic carbocycles. The molecule has 0 bridgehead atoms. The lowest BCUT2D eigenvalue weighted by Crippen LogP contribution is -2.11. The van der Waals surface area contributed by atoms with Crippen LogP contribution < -0.4 is 5.32 Å². The molecule has 1 unspecified atom stereocenters. The average Bonchev–Trinajstić information content (AvgIpc) is 2.77. The molecule has 102 valence electrons. The van der Waals surface area contributed by atoms with E-state index in [1.54, 1.807) is 23.1 Å². The second kappa shape index (κ2) is 6.75. The first-order valence-electron chi connectivity index (χ1n) is 6.12. The second-order valence-electron chi connectivity index (χ2n) is 4.31. The van der Waals surface area contributed by atoms with Gasteiger partial charge in [-0.25, -0.2) is 4.98 Å². The number of benzene rings is 1. The van der Waals surface area contributed by atoms with Crippen molar-refractivity contribution in [1.29, 1.82) is 0 Å². The third-order valence-corrected chi connectivity index (χ3v) is 5.62. The van der Waals surface area contributed by atoms with Crippen LogP contribution in [0.25, 0.3) is 0 Å². The van der Waals surface area contributed by atoms with Gasteiger partial charge in [0.2, 0.25) is 0 Å². The third kappa shape index (κ3) is 3.96. The molecule has 0 aliphatic heterocycles. The highest BCUT2D eigenvalue weighted by Crippen LogP contribution is 2.30. The maximum Gasteiger partial charge on any atom is 0.103 e. The number of thiazole rings is 1. The summed E-state index contributed by atoms with van der Waals surface area (Å²) in [7, 11) is 1.98. The molecule has 0 spiro atoms. The molecule has 0 fully saturated rings. The van der Waals surface area contributed by atoms with Gasteiger partial charge in [0.25, 0.3) is 0 Å². The van der Waals surface area contributed by atoms with Gasteiger partial charge in [-0.3, -0.25) is 0 Å². The first-order chi connectivity index (χ1) is 9.10. The van der Waals surface area contributed by atoms with Crippen molar-refractivity contribution >= 4 is 34.7 Å². The molecule has 2 aromatic rings. The fourth-order valence-electron chi connectivity index (χ4n) is 1.76. The SMILES string of the molecule is CNC(C)c1sc(CSc2cccc(Cl)c2)nc1C. The minimum Gasteiger partial charge on any atom is -0.312 e. The first kappa shape index (κ1) is 14.9. The molecule has 0 radical (unpaired) electrons. The molecule has 5 heteroatoms. The quantitative estimate of drug-likeness (QED) is 0.812. The smallest absolute Gasteiger partial charge is 0.103 e. The summed E-state index contributed by atoms with van der Waals surface area (Å²) in [6.45, 7) is 4.24. The molecule has 2 nitrogen and oxygen atoms in total. The van der Waals surface area contributed by atoms with Crippen LogP contribution in [0, 0.1) is 6.92 Å². The van der Waals surface area contributed by atoms with Crippen molar-refractivity contribution in [3.8, 4) is 0 Å².